The molecule has 0 bridgehead atoms. The van der Waals surface area contributed by atoms with Crippen molar-refractivity contribution in [2.75, 3.05) is 10.2 Å². The van der Waals surface area contributed by atoms with Gasteiger partial charge in [0.15, 0.2) is 0 Å². The zero-order chi connectivity index (χ0) is 17.0. The van der Waals surface area contributed by atoms with Crippen LogP contribution < -0.4 is 10.2 Å². The van der Waals surface area contributed by atoms with Crippen LogP contribution in [0.2, 0.25) is 0 Å². The zero-order valence-corrected chi connectivity index (χ0v) is 14.3. The molecular formula is C22H24N2. The van der Waals surface area contributed by atoms with E-state index in [-0.39, 0.29) is 5.54 Å². The molecule has 0 unspecified atom stereocenters. The average molecular weight is 316 g/mol. The van der Waals surface area contributed by atoms with Gasteiger partial charge in [-0.25, -0.2) is 0 Å². The maximum atomic E-state index is 5.86. The number of anilines is 2. The summed E-state index contributed by atoms with van der Waals surface area (Å²) >= 11 is 0. The molecule has 1 saturated carbocycles. The summed E-state index contributed by atoms with van der Waals surface area (Å²) in [6.07, 6.45) is 8.89. The van der Waals surface area contributed by atoms with Gasteiger partial charge in [-0.3, -0.25) is 0 Å². The molecule has 0 aliphatic heterocycles. The monoisotopic (exact) mass is 316 g/mol. The summed E-state index contributed by atoms with van der Waals surface area (Å²) < 4.78 is 0. The van der Waals surface area contributed by atoms with E-state index < -0.39 is 0 Å². The second-order valence-corrected chi connectivity index (χ2v) is 6.38. The average Bonchev–Trinajstić information content (AvgIpc) is 3.42. The summed E-state index contributed by atoms with van der Waals surface area (Å²) in [6.45, 7) is 6.92. The zero-order valence-electron chi connectivity index (χ0n) is 14.3. The van der Waals surface area contributed by atoms with Crippen LogP contribution >= 0.6 is 0 Å². The van der Waals surface area contributed by atoms with Crippen molar-refractivity contribution in [2.24, 2.45) is 0 Å². The first-order chi connectivity index (χ1) is 11.7. The molecule has 2 aromatic rings. The summed E-state index contributed by atoms with van der Waals surface area (Å²) in [5.74, 6) is 3.02. The van der Waals surface area contributed by atoms with Crippen molar-refractivity contribution in [2.45, 2.75) is 38.3 Å². The van der Waals surface area contributed by atoms with E-state index >= 15 is 0 Å². The molecule has 0 spiro atoms. The molecule has 0 heterocycles. The maximum Gasteiger partial charge on any atom is 0.102 e. The number of nitrogens with zero attached hydrogens (tertiary/aromatic N) is 1. The minimum Gasteiger partial charge on any atom is -0.359 e. The molecule has 0 atom stereocenters. The van der Waals surface area contributed by atoms with Crippen molar-refractivity contribution in [1.29, 1.82) is 0 Å². The van der Waals surface area contributed by atoms with Crippen LogP contribution in [-0.4, -0.2) is 5.54 Å². The lowest BCUT2D eigenvalue weighted by Crippen LogP contribution is -2.35. The van der Waals surface area contributed by atoms with E-state index in [2.05, 4.69) is 78.2 Å². The molecule has 0 aromatic heterocycles. The van der Waals surface area contributed by atoms with E-state index in [0.29, 0.717) is 0 Å². The lowest BCUT2D eigenvalue weighted by molar-refractivity contribution is 0.704. The van der Waals surface area contributed by atoms with E-state index in [1.165, 1.54) is 11.3 Å². The smallest absolute Gasteiger partial charge is 0.102 e. The van der Waals surface area contributed by atoms with Gasteiger partial charge < -0.3 is 10.2 Å². The minimum absolute atomic E-state index is 0.127. The Balaban J connectivity index is 1.84. The lowest BCUT2D eigenvalue weighted by Gasteiger charge is -2.31. The molecule has 1 fully saturated rings. The summed E-state index contributed by atoms with van der Waals surface area (Å²) in [6, 6.07) is 19.0. The Morgan fingerprint density at radius 2 is 1.83 bits per heavy atom. The van der Waals surface area contributed by atoms with E-state index in [0.717, 1.165) is 37.2 Å². The van der Waals surface area contributed by atoms with E-state index in [4.69, 9.17) is 6.42 Å². The standard InChI is InChI=1S/C22H24N2/c1-4-18(3)23-20-11-13-21(14-12-20)24(22(5-2)15-16-22)17-19-9-7-6-8-10-19/h2,6-14,23H,3-4,15-17H2,1H3. The van der Waals surface area contributed by atoms with Gasteiger partial charge in [-0.05, 0) is 49.1 Å². The molecule has 2 nitrogen and oxygen atoms in total. The molecule has 0 saturated heterocycles. The number of terminal acetylenes is 1. The third-order valence-electron chi connectivity index (χ3n) is 4.62. The Morgan fingerprint density at radius 1 is 1.17 bits per heavy atom. The molecule has 2 heteroatoms. The van der Waals surface area contributed by atoms with Crippen LogP contribution in [0.4, 0.5) is 11.4 Å². The Bertz CT molecular complexity index is 734. The fraction of sp³-hybridized carbons (Fsp3) is 0.273. The highest BCUT2D eigenvalue weighted by molar-refractivity contribution is 5.60. The molecule has 1 aliphatic carbocycles. The Morgan fingerprint density at radius 3 is 2.38 bits per heavy atom. The van der Waals surface area contributed by atoms with E-state index in [9.17, 15) is 0 Å². The first kappa shape index (κ1) is 16.2. The van der Waals surface area contributed by atoms with Crippen LogP contribution in [0.3, 0.4) is 0 Å². The first-order valence-corrected chi connectivity index (χ1v) is 8.51. The van der Waals surface area contributed by atoms with Crippen LogP contribution in [-0.2, 0) is 6.54 Å². The number of nitrogens with one attached hydrogen (secondary N) is 1. The molecule has 122 valence electrons. The third-order valence-corrected chi connectivity index (χ3v) is 4.62. The first-order valence-electron chi connectivity index (χ1n) is 8.51. The lowest BCUT2D eigenvalue weighted by atomic mass is 10.1. The van der Waals surface area contributed by atoms with Crippen LogP contribution in [0, 0.1) is 12.3 Å². The molecule has 3 rings (SSSR count). The van der Waals surface area contributed by atoms with Crippen molar-refractivity contribution in [3.63, 3.8) is 0 Å². The van der Waals surface area contributed by atoms with Crippen LogP contribution in [0.5, 0.6) is 0 Å². The van der Waals surface area contributed by atoms with Gasteiger partial charge in [0.1, 0.15) is 5.54 Å². The van der Waals surface area contributed by atoms with Crippen LogP contribution in [0.1, 0.15) is 31.7 Å². The minimum atomic E-state index is -0.127. The predicted octanol–water partition coefficient (Wildman–Crippen LogP) is 5.19. The summed E-state index contributed by atoms with van der Waals surface area (Å²) in [7, 11) is 0. The van der Waals surface area contributed by atoms with Gasteiger partial charge in [0.2, 0.25) is 0 Å². The molecule has 1 aliphatic rings. The quantitative estimate of drug-likeness (QED) is 0.707. The fourth-order valence-corrected chi connectivity index (χ4v) is 2.88. The van der Waals surface area contributed by atoms with Gasteiger partial charge in [0, 0.05) is 23.6 Å². The van der Waals surface area contributed by atoms with Crippen molar-refractivity contribution < 1.29 is 0 Å². The molecule has 1 N–H and O–H groups in total. The second-order valence-electron chi connectivity index (χ2n) is 6.38. The van der Waals surface area contributed by atoms with Gasteiger partial charge in [-0.1, -0.05) is 49.8 Å². The van der Waals surface area contributed by atoms with Gasteiger partial charge in [0.05, 0.1) is 0 Å². The van der Waals surface area contributed by atoms with Crippen molar-refractivity contribution in [3.05, 3.63) is 72.4 Å². The van der Waals surface area contributed by atoms with Gasteiger partial charge in [-0.2, -0.15) is 0 Å². The number of hydrogen-bond donors (Lipinski definition) is 1. The fourth-order valence-electron chi connectivity index (χ4n) is 2.88. The molecule has 0 radical (unpaired) electrons. The van der Waals surface area contributed by atoms with Crippen molar-refractivity contribution >= 4 is 11.4 Å². The van der Waals surface area contributed by atoms with Crippen molar-refractivity contribution in [3.8, 4) is 12.3 Å². The topological polar surface area (TPSA) is 15.3 Å². The highest BCUT2D eigenvalue weighted by Gasteiger charge is 2.46. The second kappa shape index (κ2) is 6.84. The Kier molecular flexibility index (Phi) is 4.62. The number of benzene rings is 2. The van der Waals surface area contributed by atoms with Gasteiger partial charge >= 0.3 is 0 Å². The van der Waals surface area contributed by atoms with E-state index in [1.807, 2.05) is 6.07 Å². The number of hydrogen-bond acceptors (Lipinski definition) is 2. The largest absolute Gasteiger partial charge is 0.359 e. The normalized spacial score (nSPS) is 14.5. The van der Waals surface area contributed by atoms with Crippen LogP contribution in [0.25, 0.3) is 0 Å². The van der Waals surface area contributed by atoms with Gasteiger partial charge in [0.25, 0.3) is 0 Å². The van der Waals surface area contributed by atoms with Gasteiger partial charge in [-0.15, -0.1) is 6.42 Å². The highest BCUT2D eigenvalue weighted by Crippen LogP contribution is 2.44. The predicted molar refractivity (Wildman–Crippen MR) is 103 cm³/mol. The summed E-state index contributed by atoms with van der Waals surface area (Å²) in [5, 5.41) is 3.32. The molecule has 24 heavy (non-hydrogen) atoms. The third kappa shape index (κ3) is 3.46. The SMILES string of the molecule is C#CC1(N(Cc2ccccc2)c2ccc(NC(=C)CC)cc2)CC1. The van der Waals surface area contributed by atoms with Crippen molar-refractivity contribution in [1.82, 2.24) is 0 Å². The molecule has 0 amide bonds. The van der Waals surface area contributed by atoms with E-state index in [1.54, 1.807) is 0 Å². The maximum absolute atomic E-state index is 5.86. The van der Waals surface area contributed by atoms with Crippen LogP contribution in [0.15, 0.2) is 66.9 Å². The number of allylic oxidation sites excluding steroid dienone is 1. The summed E-state index contributed by atoms with van der Waals surface area (Å²) in [5.41, 5.74) is 4.40. The molecular weight excluding hydrogens is 292 g/mol. The molecule has 2 aromatic carbocycles. The highest BCUT2D eigenvalue weighted by atomic mass is 15.2. The summed E-state index contributed by atoms with van der Waals surface area (Å²) in [4.78, 5) is 2.36. The Labute approximate surface area is 145 Å². The Hall–Kier alpha value is -2.66. The number of rotatable bonds is 7.